The van der Waals surface area contributed by atoms with Crippen molar-refractivity contribution < 1.29 is 24.0 Å². The summed E-state index contributed by atoms with van der Waals surface area (Å²) in [5, 5.41) is 11.4. The number of nitrogens with zero attached hydrogens (tertiary/aromatic N) is 1. The van der Waals surface area contributed by atoms with Crippen LogP contribution in [0.5, 0.6) is 0 Å². The molecule has 0 bridgehead atoms. The summed E-state index contributed by atoms with van der Waals surface area (Å²) in [6.45, 7) is 0. The van der Waals surface area contributed by atoms with E-state index in [1.54, 1.807) is 30.3 Å². The Balaban J connectivity index is 2.77. The van der Waals surface area contributed by atoms with Crippen LogP contribution in [0.15, 0.2) is 54.6 Å². The van der Waals surface area contributed by atoms with E-state index in [2.05, 4.69) is 0 Å². The van der Waals surface area contributed by atoms with Crippen LogP contribution in [0.2, 0.25) is 0 Å². The van der Waals surface area contributed by atoms with Crippen molar-refractivity contribution in [2.24, 2.45) is 0 Å². The third-order valence-corrected chi connectivity index (χ3v) is 3.94. The first-order chi connectivity index (χ1) is 12.0. The number of rotatable bonds is 6. The third-order valence-electron chi connectivity index (χ3n) is 3.94. The second-order valence-electron chi connectivity index (χ2n) is 5.33. The van der Waals surface area contributed by atoms with E-state index < -0.39 is 22.3 Å². The minimum absolute atomic E-state index is 0.0671. The van der Waals surface area contributed by atoms with Crippen LogP contribution >= 0.6 is 0 Å². The van der Waals surface area contributed by atoms with Gasteiger partial charge in [0.2, 0.25) is 5.41 Å². The van der Waals surface area contributed by atoms with E-state index in [1.807, 2.05) is 0 Å². The Labute approximate surface area is 144 Å². The van der Waals surface area contributed by atoms with E-state index in [0.29, 0.717) is 5.56 Å². The van der Waals surface area contributed by atoms with E-state index in [9.17, 15) is 19.7 Å². The molecule has 0 aliphatic rings. The predicted molar refractivity (Wildman–Crippen MR) is 89.0 cm³/mol. The Morgan fingerprint density at radius 3 is 2.00 bits per heavy atom. The second-order valence-corrected chi connectivity index (χ2v) is 5.33. The van der Waals surface area contributed by atoms with E-state index >= 15 is 0 Å². The summed E-state index contributed by atoms with van der Waals surface area (Å²) in [6, 6.07) is 14.3. The van der Waals surface area contributed by atoms with Gasteiger partial charge in [-0.15, -0.1) is 0 Å². The molecule has 2 rings (SSSR count). The van der Waals surface area contributed by atoms with E-state index in [-0.39, 0.29) is 17.7 Å². The first-order valence-electron chi connectivity index (χ1n) is 7.42. The quantitative estimate of drug-likeness (QED) is 0.346. The van der Waals surface area contributed by atoms with Gasteiger partial charge in [0.25, 0.3) is 5.69 Å². The summed E-state index contributed by atoms with van der Waals surface area (Å²) in [5.41, 5.74) is -1.76. The lowest BCUT2D eigenvalue weighted by Crippen LogP contribution is -2.47. The van der Waals surface area contributed by atoms with Crippen LogP contribution in [-0.2, 0) is 30.9 Å². The summed E-state index contributed by atoms with van der Waals surface area (Å²) in [4.78, 5) is 36.1. The zero-order valence-corrected chi connectivity index (χ0v) is 13.8. The number of nitro groups is 1. The van der Waals surface area contributed by atoms with Gasteiger partial charge in [-0.1, -0.05) is 48.5 Å². The van der Waals surface area contributed by atoms with E-state index in [1.165, 1.54) is 24.3 Å². The summed E-state index contributed by atoms with van der Waals surface area (Å²) in [6.07, 6.45) is -0.127. The minimum Gasteiger partial charge on any atom is -0.468 e. The lowest BCUT2D eigenvalue weighted by atomic mass is 9.74. The van der Waals surface area contributed by atoms with Gasteiger partial charge in [0.15, 0.2) is 0 Å². The molecule has 7 nitrogen and oxygen atoms in total. The van der Waals surface area contributed by atoms with Crippen LogP contribution in [0.25, 0.3) is 0 Å². The Hall–Kier alpha value is -3.22. The molecule has 7 heteroatoms. The standard InChI is InChI=1S/C18H17NO6/c1-24-16(20)18(17(21)25-2,12-13-8-4-3-5-9-13)14-10-6-7-11-15(14)19(22)23/h3-11H,12H2,1-2H3. The van der Waals surface area contributed by atoms with Crippen LogP contribution in [-0.4, -0.2) is 31.1 Å². The van der Waals surface area contributed by atoms with Crippen LogP contribution in [0, 0.1) is 10.1 Å². The molecule has 2 aromatic carbocycles. The fourth-order valence-electron chi connectivity index (χ4n) is 2.79. The van der Waals surface area contributed by atoms with Gasteiger partial charge in [0.1, 0.15) is 0 Å². The summed E-state index contributed by atoms with van der Waals surface area (Å²) >= 11 is 0. The molecule has 0 N–H and O–H groups in total. The molecule has 0 aliphatic heterocycles. The van der Waals surface area contributed by atoms with Crippen molar-refractivity contribution in [3.8, 4) is 0 Å². The number of nitro benzene ring substituents is 1. The molecule has 0 spiro atoms. The van der Waals surface area contributed by atoms with Gasteiger partial charge in [0.05, 0.1) is 24.7 Å². The lowest BCUT2D eigenvalue weighted by molar-refractivity contribution is -0.386. The summed E-state index contributed by atoms with van der Waals surface area (Å²) in [7, 11) is 2.25. The largest absolute Gasteiger partial charge is 0.468 e. The van der Waals surface area contributed by atoms with E-state index in [0.717, 1.165) is 14.2 Å². The van der Waals surface area contributed by atoms with Gasteiger partial charge in [-0.3, -0.25) is 19.7 Å². The molecule has 0 saturated heterocycles. The molecule has 25 heavy (non-hydrogen) atoms. The molecule has 0 saturated carbocycles. The van der Waals surface area contributed by atoms with Gasteiger partial charge >= 0.3 is 11.9 Å². The van der Waals surface area contributed by atoms with E-state index in [4.69, 9.17) is 9.47 Å². The minimum atomic E-state index is -1.98. The monoisotopic (exact) mass is 343 g/mol. The molecule has 0 aromatic heterocycles. The maximum atomic E-state index is 12.7. The third kappa shape index (κ3) is 3.35. The molecule has 0 aliphatic carbocycles. The number of benzene rings is 2. The normalized spacial score (nSPS) is 10.8. The predicted octanol–water partition coefficient (Wildman–Crippen LogP) is 2.42. The number of hydrogen-bond acceptors (Lipinski definition) is 6. The molecule has 0 atom stereocenters. The fraction of sp³-hybridized carbons (Fsp3) is 0.222. The number of carbonyl (C=O) groups excluding carboxylic acids is 2. The number of esters is 2. The number of carbonyl (C=O) groups is 2. The fourth-order valence-corrected chi connectivity index (χ4v) is 2.79. The van der Waals surface area contributed by atoms with Gasteiger partial charge < -0.3 is 9.47 Å². The van der Waals surface area contributed by atoms with Crippen molar-refractivity contribution in [2.75, 3.05) is 14.2 Å². The van der Waals surface area contributed by atoms with Crippen molar-refractivity contribution >= 4 is 17.6 Å². The van der Waals surface area contributed by atoms with Gasteiger partial charge in [-0.05, 0) is 5.56 Å². The van der Waals surface area contributed by atoms with Crippen molar-refractivity contribution in [3.63, 3.8) is 0 Å². The number of methoxy groups -OCH3 is 2. The zero-order chi connectivity index (χ0) is 18.4. The van der Waals surface area contributed by atoms with Crippen LogP contribution < -0.4 is 0 Å². The molecule has 0 amide bonds. The second kappa shape index (κ2) is 7.57. The Morgan fingerprint density at radius 1 is 0.960 bits per heavy atom. The Kier molecular flexibility index (Phi) is 5.49. The molecule has 0 heterocycles. The van der Waals surface area contributed by atoms with Crippen LogP contribution in [0.1, 0.15) is 11.1 Å². The Bertz CT molecular complexity index is 771. The number of ether oxygens (including phenoxy) is 2. The first-order valence-corrected chi connectivity index (χ1v) is 7.42. The smallest absolute Gasteiger partial charge is 0.328 e. The number of para-hydroxylation sites is 1. The van der Waals surface area contributed by atoms with Crippen molar-refractivity contribution in [2.45, 2.75) is 11.8 Å². The highest BCUT2D eigenvalue weighted by molar-refractivity contribution is 6.07. The van der Waals surface area contributed by atoms with Crippen molar-refractivity contribution in [1.29, 1.82) is 0 Å². The van der Waals surface area contributed by atoms with Gasteiger partial charge in [-0.2, -0.15) is 0 Å². The molecule has 0 radical (unpaired) electrons. The molecule has 0 unspecified atom stereocenters. The molecule has 0 fully saturated rings. The molecular formula is C18H17NO6. The average molecular weight is 343 g/mol. The average Bonchev–Trinajstić information content (AvgIpc) is 2.65. The highest BCUT2D eigenvalue weighted by Gasteiger charge is 2.53. The highest BCUT2D eigenvalue weighted by atomic mass is 16.6. The summed E-state index contributed by atoms with van der Waals surface area (Å²) < 4.78 is 9.68. The first kappa shape index (κ1) is 18.1. The van der Waals surface area contributed by atoms with Crippen molar-refractivity contribution in [1.82, 2.24) is 0 Å². The maximum absolute atomic E-state index is 12.7. The SMILES string of the molecule is COC(=O)C(Cc1ccccc1)(C(=O)OC)c1ccccc1[N+](=O)[O-]. The molecule has 2 aromatic rings. The highest BCUT2D eigenvalue weighted by Crippen LogP contribution is 2.37. The topological polar surface area (TPSA) is 95.7 Å². The molecule has 130 valence electrons. The molecular weight excluding hydrogens is 326 g/mol. The summed E-state index contributed by atoms with van der Waals surface area (Å²) in [5.74, 6) is -1.84. The maximum Gasteiger partial charge on any atom is 0.328 e. The zero-order valence-electron chi connectivity index (χ0n) is 13.8. The lowest BCUT2D eigenvalue weighted by Gasteiger charge is -2.28. The van der Waals surface area contributed by atoms with Gasteiger partial charge in [-0.25, -0.2) is 0 Å². The number of hydrogen-bond donors (Lipinski definition) is 0. The van der Waals surface area contributed by atoms with Crippen molar-refractivity contribution in [3.05, 3.63) is 75.8 Å². The van der Waals surface area contributed by atoms with Crippen LogP contribution in [0.3, 0.4) is 0 Å². The van der Waals surface area contributed by atoms with Crippen LogP contribution in [0.4, 0.5) is 5.69 Å². The van der Waals surface area contributed by atoms with Gasteiger partial charge in [0, 0.05) is 12.5 Å². The Morgan fingerprint density at radius 2 is 1.48 bits per heavy atom.